The van der Waals surface area contributed by atoms with Gasteiger partial charge in [0.2, 0.25) is 0 Å². The normalized spacial score (nSPS) is 11.1. The lowest BCUT2D eigenvalue weighted by atomic mass is 10.2. The van der Waals surface area contributed by atoms with Crippen molar-refractivity contribution in [2.24, 2.45) is 0 Å². The molecule has 9 nitrogen and oxygen atoms in total. The molecular weight excluding hydrogens is 386 g/mol. The Morgan fingerprint density at radius 1 is 1.13 bits per heavy atom. The third kappa shape index (κ3) is 5.51. The van der Waals surface area contributed by atoms with E-state index >= 15 is 0 Å². The Kier molecular flexibility index (Phi) is 6.88. The van der Waals surface area contributed by atoms with Crippen molar-refractivity contribution in [2.75, 3.05) is 13.7 Å². The second kappa shape index (κ2) is 9.97. The first kappa shape index (κ1) is 20.7. The third-order valence-corrected chi connectivity index (χ3v) is 4.12. The van der Waals surface area contributed by atoms with E-state index in [1.807, 2.05) is 54.6 Å². The number of hydrogen-bond donors (Lipinski definition) is 1. The second-order valence-electron chi connectivity index (χ2n) is 6.28. The number of hydrogen-bond acceptors (Lipinski definition) is 7. The number of carbonyl (C=O) groups excluding carboxylic acids is 2. The van der Waals surface area contributed by atoms with Crippen molar-refractivity contribution in [3.8, 4) is 5.75 Å². The number of benzene rings is 2. The average molecular weight is 407 g/mol. The number of carbonyl (C=O) groups is 2. The molecule has 2 aromatic carbocycles. The van der Waals surface area contributed by atoms with Crippen molar-refractivity contribution in [2.45, 2.75) is 13.5 Å². The van der Waals surface area contributed by atoms with Gasteiger partial charge in [0.15, 0.2) is 18.1 Å². The Morgan fingerprint density at radius 2 is 1.93 bits per heavy atom. The summed E-state index contributed by atoms with van der Waals surface area (Å²) in [5, 5.41) is 13.9. The first-order valence-corrected chi connectivity index (χ1v) is 9.15. The number of methoxy groups -OCH3 is 1. The number of rotatable bonds is 8. The topological polar surface area (TPSA) is 108 Å². The molecule has 0 atom stereocenters. The van der Waals surface area contributed by atoms with E-state index in [-0.39, 0.29) is 12.2 Å². The number of nitrogens with one attached hydrogen (secondary N) is 1. The molecular formula is C21H21N5O4. The summed E-state index contributed by atoms with van der Waals surface area (Å²) < 4.78 is 11.6. The lowest BCUT2D eigenvalue weighted by Crippen LogP contribution is -2.29. The van der Waals surface area contributed by atoms with Gasteiger partial charge >= 0.3 is 5.97 Å². The summed E-state index contributed by atoms with van der Waals surface area (Å²) in [5.74, 6) is -0.0401. The minimum Gasteiger partial charge on any atom is -0.497 e. The highest BCUT2D eigenvalue weighted by molar-refractivity contribution is 6.15. The minimum absolute atomic E-state index is 0.101. The highest BCUT2D eigenvalue weighted by Gasteiger charge is 2.19. The summed E-state index contributed by atoms with van der Waals surface area (Å²) in [6, 6.07) is 16.5. The predicted molar refractivity (Wildman–Crippen MR) is 109 cm³/mol. The largest absolute Gasteiger partial charge is 0.497 e. The SMILES string of the molecule is COc1cccc(CNC(=O)COC(=O)/C(=C/c2ccccc2)n2nnnc2C)c1. The predicted octanol–water partition coefficient (Wildman–Crippen LogP) is 1.85. The third-order valence-electron chi connectivity index (χ3n) is 4.12. The van der Waals surface area contributed by atoms with E-state index in [2.05, 4.69) is 20.8 Å². The Labute approximate surface area is 173 Å². The van der Waals surface area contributed by atoms with Gasteiger partial charge in [-0.2, -0.15) is 4.68 Å². The molecule has 0 saturated heterocycles. The van der Waals surface area contributed by atoms with Crippen LogP contribution in [0, 0.1) is 6.92 Å². The van der Waals surface area contributed by atoms with Gasteiger partial charge < -0.3 is 14.8 Å². The highest BCUT2D eigenvalue weighted by atomic mass is 16.5. The molecule has 3 aromatic rings. The summed E-state index contributed by atoms with van der Waals surface area (Å²) in [5.41, 5.74) is 1.73. The number of esters is 1. The van der Waals surface area contributed by atoms with E-state index in [0.29, 0.717) is 11.6 Å². The van der Waals surface area contributed by atoms with E-state index in [4.69, 9.17) is 9.47 Å². The number of amides is 1. The molecule has 0 saturated carbocycles. The monoisotopic (exact) mass is 407 g/mol. The van der Waals surface area contributed by atoms with Crippen molar-refractivity contribution in [3.05, 3.63) is 71.5 Å². The van der Waals surface area contributed by atoms with E-state index in [9.17, 15) is 9.59 Å². The van der Waals surface area contributed by atoms with Crippen LogP contribution in [0.5, 0.6) is 5.75 Å². The zero-order valence-corrected chi connectivity index (χ0v) is 16.6. The Balaban J connectivity index is 1.63. The number of ether oxygens (including phenoxy) is 2. The summed E-state index contributed by atoms with van der Waals surface area (Å²) in [6.07, 6.45) is 1.60. The van der Waals surface area contributed by atoms with Crippen LogP contribution < -0.4 is 10.1 Å². The number of aromatic nitrogens is 4. The van der Waals surface area contributed by atoms with E-state index in [0.717, 1.165) is 11.1 Å². The fourth-order valence-electron chi connectivity index (χ4n) is 2.61. The van der Waals surface area contributed by atoms with Crippen LogP contribution in [0.3, 0.4) is 0 Å². The van der Waals surface area contributed by atoms with Gasteiger partial charge in [0.25, 0.3) is 5.91 Å². The molecule has 1 amide bonds. The van der Waals surface area contributed by atoms with Crippen LogP contribution in [0.15, 0.2) is 54.6 Å². The quantitative estimate of drug-likeness (QED) is 0.448. The molecule has 1 aromatic heterocycles. The van der Waals surface area contributed by atoms with Crippen LogP contribution in [0.2, 0.25) is 0 Å². The van der Waals surface area contributed by atoms with Crippen LogP contribution >= 0.6 is 0 Å². The van der Waals surface area contributed by atoms with E-state index in [1.165, 1.54) is 4.68 Å². The van der Waals surface area contributed by atoms with Gasteiger partial charge in [-0.1, -0.05) is 42.5 Å². The Hall–Kier alpha value is -4.01. The summed E-state index contributed by atoms with van der Waals surface area (Å²) in [4.78, 5) is 24.8. The van der Waals surface area contributed by atoms with Crippen molar-refractivity contribution >= 4 is 23.6 Å². The molecule has 0 aliphatic rings. The van der Waals surface area contributed by atoms with Gasteiger partial charge in [-0.15, -0.1) is 5.10 Å². The second-order valence-corrected chi connectivity index (χ2v) is 6.28. The van der Waals surface area contributed by atoms with Gasteiger partial charge in [0.1, 0.15) is 5.75 Å². The smallest absolute Gasteiger partial charge is 0.357 e. The van der Waals surface area contributed by atoms with Gasteiger partial charge in [0, 0.05) is 6.54 Å². The van der Waals surface area contributed by atoms with Crippen LogP contribution in [0.25, 0.3) is 11.8 Å². The van der Waals surface area contributed by atoms with Crippen molar-refractivity contribution < 1.29 is 19.1 Å². The lowest BCUT2D eigenvalue weighted by molar-refractivity contribution is -0.143. The van der Waals surface area contributed by atoms with Gasteiger partial charge in [0.05, 0.1) is 7.11 Å². The zero-order valence-electron chi connectivity index (χ0n) is 16.6. The number of tetrazole rings is 1. The standard InChI is InChI=1S/C21H21N5O4/c1-15-23-24-25-26(15)19(12-16-7-4-3-5-8-16)21(28)30-14-20(27)22-13-17-9-6-10-18(11-17)29-2/h3-12H,13-14H2,1-2H3,(H,22,27)/b19-12-. The van der Waals surface area contributed by atoms with Crippen molar-refractivity contribution in [1.82, 2.24) is 25.5 Å². The molecule has 0 spiro atoms. The highest BCUT2D eigenvalue weighted by Crippen LogP contribution is 2.14. The minimum atomic E-state index is -0.717. The maximum Gasteiger partial charge on any atom is 0.357 e. The lowest BCUT2D eigenvalue weighted by Gasteiger charge is -2.10. The first-order chi connectivity index (χ1) is 14.6. The molecule has 30 heavy (non-hydrogen) atoms. The van der Waals surface area contributed by atoms with Crippen LogP contribution in [-0.4, -0.2) is 45.8 Å². The molecule has 0 fully saturated rings. The van der Waals surface area contributed by atoms with Crippen molar-refractivity contribution in [1.29, 1.82) is 0 Å². The fourth-order valence-corrected chi connectivity index (χ4v) is 2.61. The summed E-state index contributed by atoms with van der Waals surface area (Å²) in [7, 11) is 1.57. The Morgan fingerprint density at radius 3 is 2.63 bits per heavy atom. The molecule has 1 heterocycles. The molecule has 154 valence electrons. The average Bonchev–Trinajstić information content (AvgIpc) is 3.20. The van der Waals surface area contributed by atoms with Crippen LogP contribution in [0.4, 0.5) is 0 Å². The number of nitrogens with zero attached hydrogens (tertiary/aromatic N) is 4. The molecule has 0 aliphatic heterocycles. The zero-order chi connectivity index (χ0) is 21.3. The van der Waals surface area contributed by atoms with Gasteiger partial charge in [-0.3, -0.25) is 4.79 Å². The summed E-state index contributed by atoms with van der Waals surface area (Å²) in [6.45, 7) is 1.51. The fraction of sp³-hybridized carbons (Fsp3) is 0.190. The van der Waals surface area contributed by atoms with E-state index < -0.39 is 18.5 Å². The van der Waals surface area contributed by atoms with E-state index in [1.54, 1.807) is 20.1 Å². The maximum atomic E-state index is 12.7. The van der Waals surface area contributed by atoms with Crippen LogP contribution in [0.1, 0.15) is 17.0 Å². The maximum absolute atomic E-state index is 12.7. The molecule has 9 heteroatoms. The first-order valence-electron chi connectivity index (χ1n) is 9.15. The van der Waals surface area contributed by atoms with Gasteiger partial charge in [-0.25, -0.2) is 4.79 Å². The molecule has 0 radical (unpaired) electrons. The van der Waals surface area contributed by atoms with Crippen molar-refractivity contribution in [3.63, 3.8) is 0 Å². The Bertz CT molecular complexity index is 1050. The molecule has 0 aliphatic carbocycles. The number of aryl methyl sites for hydroxylation is 1. The van der Waals surface area contributed by atoms with Gasteiger partial charge in [-0.05, 0) is 46.7 Å². The molecule has 0 unspecified atom stereocenters. The summed E-state index contributed by atoms with van der Waals surface area (Å²) >= 11 is 0. The molecule has 0 bridgehead atoms. The van der Waals surface area contributed by atoms with Crippen LogP contribution in [-0.2, 0) is 20.9 Å². The molecule has 1 N–H and O–H groups in total. The molecule has 3 rings (SSSR count).